The number of benzene rings is 2. The van der Waals surface area contributed by atoms with Crippen LogP contribution < -0.4 is 0 Å². The normalized spacial score (nSPS) is 17.5. The van der Waals surface area contributed by atoms with Crippen LogP contribution in [0.3, 0.4) is 0 Å². The quantitative estimate of drug-likeness (QED) is 0.630. The number of para-hydroxylation sites is 1. The Kier molecular flexibility index (Phi) is 5.31. The fraction of sp³-hybridized carbons (Fsp3) is 0.333. The number of likely N-dealkylation sites (tertiary alicyclic amines) is 1. The molecular formula is C21H19F3N2O2S. The van der Waals surface area contributed by atoms with Crippen LogP contribution in [0, 0.1) is 5.92 Å². The summed E-state index contributed by atoms with van der Waals surface area (Å²) < 4.78 is 40.8. The van der Waals surface area contributed by atoms with Crippen LogP contribution in [0.2, 0.25) is 0 Å². The first-order valence-corrected chi connectivity index (χ1v) is 10.1. The average molecular weight is 420 g/mol. The summed E-state index contributed by atoms with van der Waals surface area (Å²) in [6.45, 7) is 0.988. The third-order valence-corrected chi connectivity index (χ3v) is 6.41. The molecule has 0 radical (unpaired) electrons. The van der Waals surface area contributed by atoms with Gasteiger partial charge in [-0.15, -0.1) is 11.3 Å². The smallest absolute Gasteiger partial charge is 0.416 e. The van der Waals surface area contributed by atoms with Gasteiger partial charge in [0.1, 0.15) is 5.01 Å². The molecule has 0 amide bonds. The Balaban J connectivity index is 1.74. The Hall–Kier alpha value is -2.45. The first kappa shape index (κ1) is 19.8. The minimum atomic E-state index is -4.43. The van der Waals surface area contributed by atoms with Crippen molar-refractivity contribution in [2.75, 3.05) is 13.1 Å². The number of rotatable bonds is 4. The number of thiazole rings is 1. The summed E-state index contributed by atoms with van der Waals surface area (Å²) in [4.78, 5) is 18.0. The van der Waals surface area contributed by atoms with Crippen molar-refractivity contribution in [1.82, 2.24) is 9.88 Å². The van der Waals surface area contributed by atoms with Crippen molar-refractivity contribution in [1.29, 1.82) is 0 Å². The summed E-state index contributed by atoms with van der Waals surface area (Å²) in [6, 6.07) is 12.5. The number of alkyl halides is 3. The predicted octanol–water partition coefficient (Wildman–Crippen LogP) is 5.20. The molecule has 0 aliphatic carbocycles. The number of aromatic nitrogens is 1. The van der Waals surface area contributed by atoms with Crippen LogP contribution in [0.4, 0.5) is 13.2 Å². The Labute approximate surface area is 169 Å². The summed E-state index contributed by atoms with van der Waals surface area (Å²) in [7, 11) is 0. The van der Waals surface area contributed by atoms with Crippen molar-refractivity contribution in [3.8, 4) is 0 Å². The predicted molar refractivity (Wildman–Crippen MR) is 105 cm³/mol. The second-order valence-electron chi connectivity index (χ2n) is 7.19. The summed E-state index contributed by atoms with van der Waals surface area (Å²) >= 11 is 1.46. The fourth-order valence-corrected chi connectivity index (χ4v) is 4.94. The van der Waals surface area contributed by atoms with Crippen LogP contribution in [0.25, 0.3) is 10.2 Å². The second-order valence-corrected chi connectivity index (χ2v) is 8.26. The van der Waals surface area contributed by atoms with E-state index >= 15 is 0 Å². The number of hydrogen-bond acceptors (Lipinski definition) is 4. The lowest BCUT2D eigenvalue weighted by Gasteiger charge is -2.36. The van der Waals surface area contributed by atoms with Gasteiger partial charge in [-0.3, -0.25) is 9.69 Å². The van der Waals surface area contributed by atoms with Gasteiger partial charge in [0.25, 0.3) is 0 Å². The second kappa shape index (κ2) is 7.76. The van der Waals surface area contributed by atoms with Crippen LogP contribution in [0.5, 0.6) is 0 Å². The molecule has 1 N–H and O–H groups in total. The zero-order valence-electron chi connectivity index (χ0n) is 15.4. The number of hydrogen-bond donors (Lipinski definition) is 1. The van der Waals surface area contributed by atoms with E-state index in [0.29, 0.717) is 31.5 Å². The van der Waals surface area contributed by atoms with Gasteiger partial charge in [-0.25, -0.2) is 4.98 Å². The maximum Gasteiger partial charge on any atom is 0.416 e. The third-order valence-electron chi connectivity index (χ3n) is 5.32. The molecule has 1 aliphatic heterocycles. The molecule has 3 aromatic rings. The van der Waals surface area contributed by atoms with Crippen molar-refractivity contribution >= 4 is 27.5 Å². The molecule has 0 saturated carbocycles. The van der Waals surface area contributed by atoms with Gasteiger partial charge in [-0.1, -0.05) is 24.3 Å². The highest BCUT2D eigenvalue weighted by atomic mass is 32.1. The van der Waals surface area contributed by atoms with Gasteiger partial charge in [0.2, 0.25) is 0 Å². The standard InChI is InChI=1S/C21H19F3N2O2S/c22-21(23,24)15-5-3-4-14(12-15)18(26-10-8-13(9-11-26)20(27)28)19-25-16-6-1-2-7-17(16)29-19/h1-7,12-13,18H,8-11H2,(H,27,28). The Morgan fingerprint density at radius 1 is 1.14 bits per heavy atom. The van der Waals surface area contributed by atoms with Gasteiger partial charge in [0.15, 0.2) is 0 Å². The lowest BCUT2D eigenvalue weighted by Crippen LogP contribution is -2.39. The number of carboxylic acids is 1. The van der Waals surface area contributed by atoms with Crippen molar-refractivity contribution in [3.05, 3.63) is 64.7 Å². The van der Waals surface area contributed by atoms with Gasteiger partial charge in [0.05, 0.1) is 27.7 Å². The topological polar surface area (TPSA) is 53.4 Å². The maximum absolute atomic E-state index is 13.3. The highest BCUT2D eigenvalue weighted by molar-refractivity contribution is 7.18. The molecule has 8 heteroatoms. The number of fused-ring (bicyclic) bond motifs is 1. The van der Waals surface area contributed by atoms with Gasteiger partial charge in [-0.05, 0) is 55.8 Å². The number of nitrogens with zero attached hydrogens (tertiary/aromatic N) is 2. The van der Waals surface area contributed by atoms with Crippen molar-refractivity contribution in [3.63, 3.8) is 0 Å². The molecule has 4 rings (SSSR count). The highest BCUT2D eigenvalue weighted by Crippen LogP contribution is 2.38. The summed E-state index contributed by atoms with van der Waals surface area (Å²) in [5.74, 6) is -1.23. The first-order valence-electron chi connectivity index (χ1n) is 9.32. The van der Waals surface area contributed by atoms with E-state index in [-0.39, 0.29) is 0 Å². The summed E-state index contributed by atoms with van der Waals surface area (Å²) in [5, 5.41) is 9.99. The maximum atomic E-state index is 13.3. The highest BCUT2D eigenvalue weighted by Gasteiger charge is 2.34. The molecule has 2 aromatic carbocycles. The van der Waals surface area contributed by atoms with Crippen LogP contribution >= 0.6 is 11.3 Å². The van der Waals surface area contributed by atoms with Gasteiger partial charge < -0.3 is 5.11 Å². The molecule has 0 bridgehead atoms. The van der Waals surface area contributed by atoms with Crippen LogP contribution in [-0.4, -0.2) is 34.0 Å². The molecule has 0 spiro atoms. The SMILES string of the molecule is O=C(O)C1CCN(C(c2cccc(C(F)(F)F)c2)c2nc3ccccc3s2)CC1. The summed E-state index contributed by atoms with van der Waals surface area (Å²) in [5.41, 5.74) is 0.638. The molecule has 1 fully saturated rings. The molecular weight excluding hydrogens is 401 g/mol. The van der Waals surface area contributed by atoms with E-state index in [9.17, 15) is 23.1 Å². The molecule has 1 aliphatic rings. The fourth-order valence-electron chi connectivity index (χ4n) is 3.81. The van der Waals surface area contributed by atoms with E-state index in [0.717, 1.165) is 21.3 Å². The van der Waals surface area contributed by atoms with Crippen LogP contribution in [0.15, 0.2) is 48.5 Å². The van der Waals surface area contributed by atoms with Crippen molar-refractivity contribution in [2.45, 2.75) is 25.1 Å². The molecule has 2 heterocycles. The van der Waals surface area contributed by atoms with Crippen LogP contribution in [0.1, 0.15) is 35.0 Å². The zero-order chi connectivity index (χ0) is 20.6. The van der Waals surface area contributed by atoms with Gasteiger partial charge in [-0.2, -0.15) is 13.2 Å². The minimum absolute atomic E-state index is 0.413. The number of piperidine rings is 1. The monoisotopic (exact) mass is 420 g/mol. The lowest BCUT2D eigenvalue weighted by atomic mass is 9.94. The molecule has 29 heavy (non-hydrogen) atoms. The van der Waals surface area contributed by atoms with E-state index in [1.807, 2.05) is 29.2 Å². The number of halogens is 3. The minimum Gasteiger partial charge on any atom is -0.481 e. The lowest BCUT2D eigenvalue weighted by molar-refractivity contribution is -0.143. The zero-order valence-corrected chi connectivity index (χ0v) is 16.2. The Morgan fingerprint density at radius 3 is 2.52 bits per heavy atom. The van der Waals surface area contributed by atoms with Gasteiger partial charge in [0, 0.05) is 0 Å². The Bertz CT molecular complexity index is 993. The third kappa shape index (κ3) is 4.13. The molecule has 1 aromatic heterocycles. The van der Waals surface area contributed by atoms with Crippen LogP contribution in [-0.2, 0) is 11.0 Å². The largest absolute Gasteiger partial charge is 0.481 e. The molecule has 1 atom stereocenters. The summed E-state index contributed by atoms with van der Waals surface area (Å²) in [6.07, 6.45) is -3.49. The van der Waals surface area contributed by atoms with E-state index in [4.69, 9.17) is 0 Å². The number of aliphatic carboxylic acids is 1. The van der Waals surface area contributed by atoms with Gasteiger partial charge >= 0.3 is 12.1 Å². The molecule has 1 saturated heterocycles. The molecule has 4 nitrogen and oxygen atoms in total. The van der Waals surface area contributed by atoms with E-state index < -0.39 is 29.7 Å². The number of carbonyl (C=O) groups is 1. The Morgan fingerprint density at radius 2 is 1.86 bits per heavy atom. The first-order chi connectivity index (χ1) is 13.8. The molecule has 152 valence electrons. The van der Waals surface area contributed by atoms with E-state index in [2.05, 4.69) is 4.98 Å². The van der Waals surface area contributed by atoms with E-state index in [1.165, 1.54) is 23.5 Å². The average Bonchev–Trinajstić information content (AvgIpc) is 3.12. The molecule has 1 unspecified atom stereocenters. The van der Waals surface area contributed by atoms with Crippen molar-refractivity contribution < 1.29 is 23.1 Å². The van der Waals surface area contributed by atoms with Crippen molar-refractivity contribution in [2.24, 2.45) is 5.92 Å². The number of carboxylic acid groups (broad SMARTS) is 1. The van der Waals surface area contributed by atoms with E-state index in [1.54, 1.807) is 6.07 Å².